The van der Waals surface area contributed by atoms with Crippen LogP contribution < -0.4 is 9.64 Å². The van der Waals surface area contributed by atoms with Gasteiger partial charge in [0.15, 0.2) is 17.2 Å². The van der Waals surface area contributed by atoms with E-state index in [1.165, 1.54) is 18.0 Å². The van der Waals surface area contributed by atoms with Gasteiger partial charge in [-0.25, -0.2) is 4.98 Å². The number of rotatable bonds is 6. The Labute approximate surface area is 150 Å². The Kier molecular flexibility index (Phi) is 5.05. The first-order valence-electron chi connectivity index (χ1n) is 7.77. The van der Waals surface area contributed by atoms with E-state index in [1.807, 2.05) is 30.5 Å². The molecule has 2 heterocycles. The normalized spacial score (nSPS) is 10.6. The van der Waals surface area contributed by atoms with Crippen molar-refractivity contribution in [2.75, 3.05) is 24.8 Å². The molecule has 0 saturated heterocycles. The van der Waals surface area contributed by atoms with Crippen molar-refractivity contribution in [3.8, 4) is 11.8 Å². The first kappa shape index (κ1) is 17.0. The number of thioether (sulfide) groups is 1. The summed E-state index contributed by atoms with van der Waals surface area (Å²) in [7, 11) is 1.65. The summed E-state index contributed by atoms with van der Waals surface area (Å²) in [5, 5.41) is 14.2. The van der Waals surface area contributed by atoms with E-state index in [0.717, 1.165) is 23.7 Å². The number of hydrogen-bond donors (Lipinski definition) is 0. The number of anilines is 1. The van der Waals surface area contributed by atoms with E-state index in [4.69, 9.17) is 4.74 Å². The zero-order valence-corrected chi connectivity index (χ0v) is 15.1. The van der Waals surface area contributed by atoms with Gasteiger partial charge < -0.3 is 9.64 Å². The molecule has 0 radical (unpaired) electrons. The molecule has 1 aromatic carbocycles. The minimum atomic E-state index is 0.398. The third-order valence-corrected chi connectivity index (χ3v) is 4.37. The van der Waals surface area contributed by atoms with Gasteiger partial charge in [0.25, 0.3) is 0 Å². The molecular formula is C17H18N6OS. The fourth-order valence-electron chi connectivity index (χ4n) is 2.51. The second-order valence-corrected chi connectivity index (χ2v) is 6.05. The quantitative estimate of drug-likeness (QED) is 0.630. The molecule has 0 atom stereocenters. The molecule has 0 amide bonds. The lowest BCUT2D eigenvalue weighted by molar-refractivity contribution is 0.414. The molecule has 0 N–H and O–H groups in total. The van der Waals surface area contributed by atoms with Crippen LogP contribution in [-0.2, 0) is 6.54 Å². The van der Waals surface area contributed by atoms with Gasteiger partial charge >= 0.3 is 0 Å². The summed E-state index contributed by atoms with van der Waals surface area (Å²) < 4.78 is 6.77. The van der Waals surface area contributed by atoms with Gasteiger partial charge in [0, 0.05) is 13.1 Å². The predicted molar refractivity (Wildman–Crippen MR) is 97.0 cm³/mol. The fraction of sp³-hybridized carbons (Fsp3) is 0.294. The Balaban J connectivity index is 2.02. The molecule has 0 fully saturated rings. The van der Waals surface area contributed by atoms with Gasteiger partial charge in [0.05, 0.1) is 13.3 Å². The summed E-state index contributed by atoms with van der Waals surface area (Å²) in [6.45, 7) is 3.49. The summed E-state index contributed by atoms with van der Waals surface area (Å²) in [5.74, 6) is 1.55. The van der Waals surface area contributed by atoms with Crippen molar-refractivity contribution in [1.29, 1.82) is 5.26 Å². The number of aromatic nitrogens is 4. The number of benzene rings is 1. The number of nitriles is 1. The Hall–Kier alpha value is -2.79. The van der Waals surface area contributed by atoms with Crippen LogP contribution in [-0.4, -0.2) is 39.5 Å². The topological polar surface area (TPSA) is 79.3 Å². The Bertz CT molecular complexity index is 915. The van der Waals surface area contributed by atoms with Crippen molar-refractivity contribution in [3.63, 3.8) is 0 Å². The van der Waals surface area contributed by atoms with E-state index >= 15 is 0 Å². The van der Waals surface area contributed by atoms with Gasteiger partial charge in [-0.05, 0) is 30.9 Å². The minimum Gasteiger partial charge on any atom is -0.497 e. The van der Waals surface area contributed by atoms with Crippen molar-refractivity contribution >= 4 is 23.2 Å². The van der Waals surface area contributed by atoms with Gasteiger partial charge in [0.1, 0.15) is 11.8 Å². The molecule has 0 aliphatic heterocycles. The van der Waals surface area contributed by atoms with Crippen LogP contribution in [0.4, 0.5) is 5.82 Å². The van der Waals surface area contributed by atoms with Crippen LogP contribution in [0.5, 0.6) is 5.75 Å². The van der Waals surface area contributed by atoms with Crippen molar-refractivity contribution in [2.24, 2.45) is 0 Å². The second-order valence-electron chi connectivity index (χ2n) is 5.28. The molecule has 25 heavy (non-hydrogen) atoms. The van der Waals surface area contributed by atoms with E-state index in [2.05, 4.69) is 33.0 Å². The summed E-state index contributed by atoms with van der Waals surface area (Å²) in [6, 6.07) is 10.1. The summed E-state index contributed by atoms with van der Waals surface area (Å²) in [4.78, 5) is 11.1. The first-order valence-corrected chi connectivity index (χ1v) is 9.00. The van der Waals surface area contributed by atoms with Crippen LogP contribution in [0.15, 0.2) is 35.6 Å². The molecular weight excluding hydrogens is 336 g/mol. The van der Waals surface area contributed by atoms with Gasteiger partial charge in [-0.2, -0.15) is 14.8 Å². The number of imidazole rings is 1. The molecule has 128 valence electrons. The van der Waals surface area contributed by atoms with Crippen LogP contribution in [0.1, 0.15) is 18.2 Å². The maximum absolute atomic E-state index is 9.26. The fourth-order valence-corrected chi connectivity index (χ4v) is 2.85. The molecule has 3 aromatic rings. The Morgan fingerprint density at radius 2 is 2.08 bits per heavy atom. The van der Waals surface area contributed by atoms with Gasteiger partial charge in [0.2, 0.25) is 5.16 Å². The van der Waals surface area contributed by atoms with Crippen molar-refractivity contribution in [3.05, 3.63) is 41.7 Å². The van der Waals surface area contributed by atoms with Crippen molar-refractivity contribution < 1.29 is 4.74 Å². The third-order valence-electron chi connectivity index (χ3n) is 3.84. The van der Waals surface area contributed by atoms with E-state index in [1.54, 1.807) is 11.6 Å². The highest BCUT2D eigenvalue weighted by Gasteiger charge is 2.17. The first-order chi connectivity index (χ1) is 12.2. The molecule has 0 saturated carbocycles. The SMILES string of the molecule is CCN(Cc1ccc(OC)cc1)c1nc(SC)nn2c(C#N)cnc12. The van der Waals surface area contributed by atoms with Gasteiger partial charge in [-0.1, -0.05) is 23.9 Å². The van der Waals surface area contributed by atoms with E-state index in [0.29, 0.717) is 23.0 Å². The second kappa shape index (κ2) is 7.40. The van der Waals surface area contributed by atoms with Crippen molar-refractivity contribution in [1.82, 2.24) is 19.6 Å². The van der Waals surface area contributed by atoms with Crippen LogP contribution in [0, 0.1) is 11.3 Å². The number of hydrogen-bond acceptors (Lipinski definition) is 7. The maximum Gasteiger partial charge on any atom is 0.209 e. The highest BCUT2D eigenvalue weighted by atomic mass is 32.2. The largest absolute Gasteiger partial charge is 0.497 e. The summed E-state index contributed by atoms with van der Waals surface area (Å²) >= 11 is 1.44. The van der Waals surface area contributed by atoms with Gasteiger partial charge in [-0.3, -0.25) is 0 Å². The molecule has 3 rings (SSSR count). The van der Waals surface area contributed by atoms with Crippen LogP contribution in [0.25, 0.3) is 5.65 Å². The standard InChI is InChI=1S/C17H18N6OS/c1-4-22(11-12-5-7-14(24-2)8-6-12)16-15-19-10-13(9-18)23(15)21-17(20-16)25-3/h5-8,10H,4,11H2,1-3H3. The Morgan fingerprint density at radius 3 is 2.68 bits per heavy atom. The molecule has 2 aromatic heterocycles. The van der Waals surface area contributed by atoms with Crippen LogP contribution in [0.2, 0.25) is 0 Å². The highest BCUT2D eigenvalue weighted by Crippen LogP contribution is 2.24. The zero-order chi connectivity index (χ0) is 17.8. The van der Waals surface area contributed by atoms with E-state index in [9.17, 15) is 5.26 Å². The molecule has 7 nitrogen and oxygen atoms in total. The Morgan fingerprint density at radius 1 is 1.32 bits per heavy atom. The number of nitrogens with zero attached hydrogens (tertiary/aromatic N) is 6. The molecule has 0 bridgehead atoms. The van der Waals surface area contributed by atoms with E-state index in [-0.39, 0.29) is 0 Å². The summed E-state index contributed by atoms with van der Waals surface area (Å²) in [6.07, 6.45) is 3.44. The highest BCUT2D eigenvalue weighted by molar-refractivity contribution is 7.98. The smallest absolute Gasteiger partial charge is 0.209 e. The number of methoxy groups -OCH3 is 1. The average Bonchev–Trinajstić information content (AvgIpc) is 3.08. The summed E-state index contributed by atoms with van der Waals surface area (Å²) in [5.41, 5.74) is 2.12. The number of fused-ring (bicyclic) bond motifs is 1. The third kappa shape index (κ3) is 3.37. The lowest BCUT2D eigenvalue weighted by Gasteiger charge is -2.22. The zero-order valence-electron chi connectivity index (χ0n) is 14.3. The van der Waals surface area contributed by atoms with Gasteiger partial charge in [-0.15, -0.1) is 5.10 Å². The predicted octanol–water partition coefficient (Wildman–Crippen LogP) is 2.75. The molecule has 0 aliphatic rings. The molecule has 0 spiro atoms. The number of ether oxygens (including phenoxy) is 1. The van der Waals surface area contributed by atoms with Crippen LogP contribution >= 0.6 is 11.8 Å². The maximum atomic E-state index is 9.26. The molecule has 8 heteroatoms. The average molecular weight is 354 g/mol. The monoisotopic (exact) mass is 354 g/mol. The van der Waals surface area contributed by atoms with E-state index < -0.39 is 0 Å². The van der Waals surface area contributed by atoms with Crippen LogP contribution in [0.3, 0.4) is 0 Å². The minimum absolute atomic E-state index is 0.398. The molecule has 0 unspecified atom stereocenters. The molecule has 0 aliphatic carbocycles. The lowest BCUT2D eigenvalue weighted by Crippen LogP contribution is -2.24. The van der Waals surface area contributed by atoms with Crippen molar-refractivity contribution in [2.45, 2.75) is 18.6 Å². The lowest BCUT2D eigenvalue weighted by atomic mass is 10.2.